The smallest absolute Gasteiger partial charge is 0.319 e. The standard InChI is InChI=1S/C12H19N3O2/c1-9(17-2)8-14-12(16)15-11-5-3-10(7-13)4-6-11/h3-6,9H,7-8,13H2,1-2H3,(H2,14,15,16). The molecule has 1 unspecified atom stereocenters. The highest BCUT2D eigenvalue weighted by molar-refractivity contribution is 5.89. The Bertz CT molecular complexity index is 351. The number of carbonyl (C=O) groups excluding carboxylic acids is 1. The van der Waals surface area contributed by atoms with Crippen LogP contribution in [0.1, 0.15) is 12.5 Å². The number of methoxy groups -OCH3 is 1. The van der Waals surface area contributed by atoms with Gasteiger partial charge in [-0.3, -0.25) is 0 Å². The molecule has 1 aromatic rings. The van der Waals surface area contributed by atoms with Gasteiger partial charge in [0.2, 0.25) is 0 Å². The van der Waals surface area contributed by atoms with Crippen molar-refractivity contribution in [1.82, 2.24) is 5.32 Å². The molecule has 5 nitrogen and oxygen atoms in total. The van der Waals surface area contributed by atoms with Crippen molar-refractivity contribution in [2.75, 3.05) is 19.0 Å². The Kier molecular flexibility index (Phi) is 5.45. The maximum Gasteiger partial charge on any atom is 0.319 e. The van der Waals surface area contributed by atoms with E-state index in [0.29, 0.717) is 13.1 Å². The minimum Gasteiger partial charge on any atom is -0.380 e. The molecule has 0 heterocycles. The quantitative estimate of drug-likeness (QED) is 0.722. The summed E-state index contributed by atoms with van der Waals surface area (Å²) in [6, 6.07) is 7.17. The lowest BCUT2D eigenvalue weighted by Crippen LogP contribution is -2.34. The maximum absolute atomic E-state index is 11.5. The van der Waals surface area contributed by atoms with Gasteiger partial charge in [0.1, 0.15) is 0 Å². The van der Waals surface area contributed by atoms with E-state index in [4.69, 9.17) is 10.5 Å². The number of hydrogen-bond donors (Lipinski definition) is 3. The number of nitrogens with two attached hydrogens (primary N) is 1. The Morgan fingerprint density at radius 2 is 2.06 bits per heavy atom. The molecule has 94 valence electrons. The average Bonchev–Trinajstić information content (AvgIpc) is 2.36. The zero-order valence-corrected chi connectivity index (χ0v) is 10.2. The Balaban J connectivity index is 2.39. The second-order valence-electron chi connectivity index (χ2n) is 3.78. The third kappa shape index (κ3) is 4.84. The van der Waals surface area contributed by atoms with Crippen LogP contribution < -0.4 is 16.4 Å². The first-order valence-electron chi connectivity index (χ1n) is 5.52. The molecule has 0 aliphatic heterocycles. The largest absolute Gasteiger partial charge is 0.380 e. The second-order valence-corrected chi connectivity index (χ2v) is 3.78. The molecule has 2 amide bonds. The van der Waals surface area contributed by atoms with Gasteiger partial charge in [0, 0.05) is 25.9 Å². The normalized spacial score (nSPS) is 11.9. The van der Waals surface area contributed by atoms with Gasteiger partial charge in [0.05, 0.1) is 6.10 Å². The van der Waals surface area contributed by atoms with Crippen LogP contribution in [0.4, 0.5) is 10.5 Å². The van der Waals surface area contributed by atoms with Crippen molar-refractivity contribution in [2.24, 2.45) is 5.73 Å². The lowest BCUT2D eigenvalue weighted by atomic mass is 10.2. The van der Waals surface area contributed by atoms with Gasteiger partial charge in [0.15, 0.2) is 0 Å². The van der Waals surface area contributed by atoms with Gasteiger partial charge in [-0.1, -0.05) is 12.1 Å². The molecule has 0 bridgehead atoms. The van der Waals surface area contributed by atoms with E-state index >= 15 is 0 Å². The zero-order valence-electron chi connectivity index (χ0n) is 10.2. The molecule has 0 saturated heterocycles. The van der Waals surface area contributed by atoms with Gasteiger partial charge >= 0.3 is 6.03 Å². The molecule has 0 aliphatic carbocycles. The van der Waals surface area contributed by atoms with Crippen molar-refractivity contribution in [3.63, 3.8) is 0 Å². The van der Waals surface area contributed by atoms with Crippen LogP contribution in [0, 0.1) is 0 Å². The maximum atomic E-state index is 11.5. The topological polar surface area (TPSA) is 76.4 Å². The van der Waals surface area contributed by atoms with E-state index in [1.54, 1.807) is 7.11 Å². The molecule has 0 saturated carbocycles. The van der Waals surface area contributed by atoms with Crippen LogP contribution in [0.3, 0.4) is 0 Å². The van der Waals surface area contributed by atoms with Crippen molar-refractivity contribution >= 4 is 11.7 Å². The highest BCUT2D eigenvalue weighted by atomic mass is 16.5. The van der Waals surface area contributed by atoms with E-state index in [1.165, 1.54) is 0 Å². The molecule has 1 atom stereocenters. The summed E-state index contributed by atoms with van der Waals surface area (Å²) in [7, 11) is 1.61. The molecule has 0 radical (unpaired) electrons. The Morgan fingerprint density at radius 3 is 2.59 bits per heavy atom. The molecule has 0 fully saturated rings. The number of ether oxygens (including phenoxy) is 1. The Hall–Kier alpha value is -1.59. The monoisotopic (exact) mass is 237 g/mol. The van der Waals surface area contributed by atoms with Crippen LogP contribution >= 0.6 is 0 Å². The van der Waals surface area contributed by atoms with Crippen LogP contribution in [-0.2, 0) is 11.3 Å². The number of nitrogens with one attached hydrogen (secondary N) is 2. The van der Waals surface area contributed by atoms with Crippen LogP contribution in [0.2, 0.25) is 0 Å². The molecule has 0 aliphatic rings. The summed E-state index contributed by atoms with van der Waals surface area (Å²) in [6.07, 6.45) is 0.000339. The fourth-order valence-electron chi connectivity index (χ4n) is 1.22. The third-order valence-electron chi connectivity index (χ3n) is 2.40. The minimum atomic E-state index is -0.241. The number of hydrogen-bond acceptors (Lipinski definition) is 3. The fraction of sp³-hybridized carbons (Fsp3) is 0.417. The van der Waals surface area contributed by atoms with Gasteiger partial charge in [-0.15, -0.1) is 0 Å². The molecule has 5 heteroatoms. The molecule has 1 rings (SSSR count). The van der Waals surface area contributed by atoms with Crippen molar-refractivity contribution in [3.8, 4) is 0 Å². The summed E-state index contributed by atoms with van der Waals surface area (Å²) >= 11 is 0. The summed E-state index contributed by atoms with van der Waals surface area (Å²) in [5.41, 5.74) is 7.26. The van der Waals surface area contributed by atoms with Gasteiger partial charge in [-0.05, 0) is 24.6 Å². The molecule has 4 N–H and O–H groups in total. The Morgan fingerprint density at radius 1 is 1.41 bits per heavy atom. The van der Waals surface area contributed by atoms with E-state index in [1.807, 2.05) is 31.2 Å². The molecule has 0 aromatic heterocycles. The minimum absolute atomic E-state index is 0.000339. The predicted molar refractivity (Wildman–Crippen MR) is 67.8 cm³/mol. The molecular formula is C12H19N3O2. The van der Waals surface area contributed by atoms with Crippen LogP contribution in [0.15, 0.2) is 24.3 Å². The van der Waals surface area contributed by atoms with E-state index in [9.17, 15) is 4.79 Å². The molecular weight excluding hydrogens is 218 g/mol. The average molecular weight is 237 g/mol. The van der Waals surface area contributed by atoms with Gasteiger partial charge in [0.25, 0.3) is 0 Å². The number of urea groups is 1. The van der Waals surface area contributed by atoms with Crippen molar-refractivity contribution in [3.05, 3.63) is 29.8 Å². The second kappa shape index (κ2) is 6.88. The van der Waals surface area contributed by atoms with E-state index in [-0.39, 0.29) is 12.1 Å². The molecule has 17 heavy (non-hydrogen) atoms. The number of anilines is 1. The van der Waals surface area contributed by atoms with E-state index in [2.05, 4.69) is 10.6 Å². The first-order valence-corrected chi connectivity index (χ1v) is 5.52. The van der Waals surface area contributed by atoms with Crippen molar-refractivity contribution < 1.29 is 9.53 Å². The van der Waals surface area contributed by atoms with Gasteiger partial charge < -0.3 is 21.1 Å². The SMILES string of the molecule is COC(C)CNC(=O)Nc1ccc(CN)cc1. The number of amides is 2. The lowest BCUT2D eigenvalue weighted by Gasteiger charge is -2.11. The van der Waals surface area contributed by atoms with Crippen LogP contribution in [-0.4, -0.2) is 25.8 Å². The molecule has 0 spiro atoms. The number of carbonyl (C=O) groups is 1. The molecule has 1 aromatic carbocycles. The summed E-state index contributed by atoms with van der Waals surface area (Å²) in [5.74, 6) is 0. The van der Waals surface area contributed by atoms with Crippen molar-refractivity contribution in [2.45, 2.75) is 19.6 Å². The zero-order chi connectivity index (χ0) is 12.7. The highest BCUT2D eigenvalue weighted by Crippen LogP contribution is 2.08. The van der Waals surface area contributed by atoms with Crippen molar-refractivity contribution in [1.29, 1.82) is 0 Å². The predicted octanol–water partition coefficient (Wildman–Crippen LogP) is 1.30. The van der Waals surface area contributed by atoms with E-state index in [0.717, 1.165) is 11.3 Å². The highest BCUT2D eigenvalue weighted by Gasteiger charge is 2.04. The fourth-order valence-corrected chi connectivity index (χ4v) is 1.22. The summed E-state index contributed by atoms with van der Waals surface area (Å²) in [4.78, 5) is 11.5. The van der Waals surface area contributed by atoms with Gasteiger partial charge in [-0.25, -0.2) is 4.79 Å². The van der Waals surface area contributed by atoms with Crippen LogP contribution in [0.5, 0.6) is 0 Å². The first-order chi connectivity index (χ1) is 8.15. The Labute approximate surface area is 101 Å². The first kappa shape index (κ1) is 13.5. The van der Waals surface area contributed by atoms with E-state index < -0.39 is 0 Å². The third-order valence-corrected chi connectivity index (χ3v) is 2.40. The summed E-state index contributed by atoms with van der Waals surface area (Å²) < 4.78 is 5.02. The van der Waals surface area contributed by atoms with Gasteiger partial charge in [-0.2, -0.15) is 0 Å². The summed E-state index contributed by atoms with van der Waals surface area (Å²) in [5, 5.41) is 5.44. The number of benzene rings is 1. The van der Waals surface area contributed by atoms with Crippen LogP contribution in [0.25, 0.3) is 0 Å². The lowest BCUT2D eigenvalue weighted by molar-refractivity contribution is 0.119. The number of rotatable bonds is 5. The summed E-state index contributed by atoms with van der Waals surface area (Å²) in [6.45, 7) is 2.86.